The van der Waals surface area contributed by atoms with E-state index in [0.29, 0.717) is 0 Å². The molecule has 8 heteroatoms. The van der Waals surface area contributed by atoms with Crippen LogP contribution in [0.3, 0.4) is 0 Å². The molecule has 2 rings (SSSR count). The van der Waals surface area contributed by atoms with E-state index in [1.54, 1.807) is 0 Å². The van der Waals surface area contributed by atoms with Gasteiger partial charge >= 0.3 is 5.97 Å². The SMILES string of the molecule is NC1CC(=O)N(c2cc(C(=O)O)cc([N+](=O)[O-])c2)C1. The first-order valence-corrected chi connectivity index (χ1v) is 5.47. The summed E-state index contributed by atoms with van der Waals surface area (Å²) in [5.41, 5.74) is 5.21. The van der Waals surface area contributed by atoms with Gasteiger partial charge in [0.15, 0.2) is 0 Å². The zero-order valence-electron chi connectivity index (χ0n) is 9.78. The molecule has 0 radical (unpaired) electrons. The normalized spacial score (nSPS) is 18.7. The minimum atomic E-state index is -1.29. The van der Waals surface area contributed by atoms with Gasteiger partial charge in [0.1, 0.15) is 0 Å². The molecule has 0 aromatic heterocycles. The summed E-state index contributed by atoms with van der Waals surface area (Å²) in [5.74, 6) is -1.56. The Morgan fingerprint density at radius 1 is 1.47 bits per heavy atom. The molecule has 0 saturated carbocycles. The van der Waals surface area contributed by atoms with Crippen molar-refractivity contribution >= 4 is 23.3 Å². The topological polar surface area (TPSA) is 127 Å². The number of carboxylic acid groups (broad SMARTS) is 1. The van der Waals surface area contributed by atoms with Crippen molar-refractivity contribution in [3.63, 3.8) is 0 Å². The van der Waals surface area contributed by atoms with Gasteiger partial charge in [-0.3, -0.25) is 14.9 Å². The van der Waals surface area contributed by atoms with Crippen LogP contribution < -0.4 is 10.6 Å². The number of carboxylic acids is 1. The molecule has 19 heavy (non-hydrogen) atoms. The molecular formula is C11H11N3O5. The third kappa shape index (κ3) is 2.52. The van der Waals surface area contributed by atoms with Gasteiger partial charge < -0.3 is 15.7 Å². The lowest BCUT2D eigenvalue weighted by atomic mass is 10.1. The highest BCUT2D eigenvalue weighted by Crippen LogP contribution is 2.27. The fourth-order valence-corrected chi connectivity index (χ4v) is 1.96. The van der Waals surface area contributed by atoms with Crippen molar-refractivity contribution < 1.29 is 19.6 Å². The second-order valence-corrected chi connectivity index (χ2v) is 4.27. The molecule has 1 heterocycles. The number of anilines is 1. The number of hydrogen-bond donors (Lipinski definition) is 2. The summed E-state index contributed by atoms with van der Waals surface area (Å²) in [5, 5.41) is 19.7. The first kappa shape index (κ1) is 13.0. The summed E-state index contributed by atoms with van der Waals surface area (Å²) in [4.78, 5) is 34.0. The molecule has 0 bridgehead atoms. The summed E-state index contributed by atoms with van der Waals surface area (Å²) < 4.78 is 0. The molecule has 1 amide bonds. The Bertz CT molecular complexity index is 539. The van der Waals surface area contributed by atoms with Crippen LogP contribution in [0.5, 0.6) is 0 Å². The number of rotatable bonds is 3. The number of amides is 1. The highest BCUT2D eigenvalue weighted by Gasteiger charge is 2.29. The second kappa shape index (κ2) is 4.65. The summed E-state index contributed by atoms with van der Waals surface area (Å²) in [6.45, 7) is 0.221. The van der Waals surface area contributed by atoms with Crippen LogP contribution in [0.2, 0.25) is 0 Å². The lowest BCUT2D eigenvalue weighted by Crippen LogP contribution is -2.28. The Morgan fingerprint density at radius 2 is 2.16 bits per heavy atom. The molecule has 0 aliphatic carbocycles. The van der Waals surface area contributed by atoms with Crippen LogP contribution in [0.1, 0.15) is 16.8 Å². The van der Waals surface area contributed by atoms with Crippen molar-refractivity contribution in [1.29, 1.82) is 0 Å². The van der Waals surface area contributed by atoms with E-state index in [4.69, 9.17) is 10.8 Å². The number of carbonyl (C=O) groups excluding carboxylic acids is 1. The third-order valence-electron chi connectivity index (χ3n) is 2.83. The average molecular weight is 265 g/mol. The summed E-state index contributed by atoms with van der Waals surface area (Å²) in [6.07, 6.45) is 0.144. The van der Waals surface area contributed by atoms with Crippen LogP contribution in [-0.4, -0.2) is 34.5 Å². The predicted molar refractivity (Wildman–Crippen MR) is 65.0 cm³/mol. The summed E-state index contributed by atoms with van der Waals surface area (Å²) in [6, 6.07) is 3.00. The van der Waals surface area contributed by atoms with Crippen molar-refractivity contribution in [3.05, 3.63) is 33.9 Å². The van der Waals surface area contributed by atoms with Gasteiger partial charge in [-0.2, -0.15) is 0 Å². The van der Waals surface area contributed by atoms with Crippen molar-refractivity contribution in [2.45, 2.75) is 12.5 Å². The van der Waals surface area contributed by atoms with Gasteiger partial charge in [0.2, 0.25) is 5.91 Å². The number of nitrogens with zero attached hydrogens (tertiary/aromatic N) is 2. The quantitative estimate of drug-likeness (QED) is 0.600. The molecule has 1 saturated heterocycles. The Balaban J connectivity index is 2.48. The van der Waals surface area contributed by atoms with Crippen molar-refractivity contribution in [2.24, 2.45) is 5.73 Å². The minimum Gasteiger partial charge on any atom is -0.478 e. The number of benzene rings is 1. The number of nitro benzene ring substituents is 1. The van der Waals surface area contributed by atoms with E-state index < -0.39 is 10.9 Å². The molecule has 8 nitrogen and oxygen atoms in total. The van der Waals surface area contributed by atoms with Gasteiger partial charge in [0, 0.05) is 31.1 Å². The molecule has 1 aliphatic heterocycles. The van der Waals surface area contributed by atoms with Crippen molar-refractivity contribution in [2.75, 3.05) is 11.4 Å². The lowest BCUT2D eigenvalue weighted by molar-refractivity contribution is -0.384. The van der Waals surface area contributed by atoms with Gasteiger partial charge in [-0.25, -0.2) is 4.79 Å². The van der Waals surface area contributed by atoms with E-state index in [-0.39, 0.29) is 41.9 Å². The highest BCUT2D eigenvalue weighted by atomic mass is 16.6. The zero-order chi connectivity index (χ0) is 14.2. The van der Waals surface area contributed by atoms with Gasteiger partial charge in [0.25, 0.3) is 5.69 Å². The van der Waals surface area contributed by atoms with Crippen molar-refractivity contribution in [1.82, 2.24) is 0 Å². The molecular weight excluding hydrogens is 254 g/mol. The second-order valence-electron chi connectivity index (χ2n) is 4.27. The number of hydrogen-bond acceptors (Lipinski definition) is 5. The van der Waals surface area contributed by atoms with Crippen LogP contribution in [-0.2, 0) is 4.79 Å². The van der Waals surface area contributed by atoms with Crippen LogP contribution in [0.15, 0.2) is 18.2 Å². The first-order valence-electron chi connectivity index (χ1n) is 5.47. The van der Waals surface area contributed by atoms with Gasteiger partial charge in [0.05, 0.1) is 16.2 Å². The average Bonchev–Trinajstić information content (AvgIpc) is 2.67. The van der Waals surface area contributed by atoms with Gasteiger partial charge in [-0.15, -0.1) is 0 Å². The van der Waals surface area contributed by atoms with E-state index in [1.807, 2.05) is 0 Å². The van der Waals surface area contributed by atoms with E-state index in [1.165, 1.54) is 17.0 Å². The van der Waals surface area contributed by atoms with E-state index in [9.17, 15) is 19.7 Å². The molecule has 0 spiro atoms. The fourth-order valence-electron chi connectivity index (χ4n) is 1.96. The maximum atomic E-state index is 11.7. The standard InChI is InChI=1S/C11H11N3O5/c12-7-3-10(15)13(5-7)8-1-6(11(16)17)2-9(4-8)14(18)19/h1-2,4,7H,3,5,12H2,(H,16,17). The number of nitro groups is 1. The van der Waals surface area contributed by atoms with Gasteiger partial charge in [-0.1, -0.05) is 0 Å². The highest BCUT2D eigenvalue weighted by molar-refractivity contribution is 5.98. The van der Waals surface area contributed by atoms with E-state index >= 15 is 0 Å². The van der Waals surface area contributed by atoms with Crippen LogP contribution in [0.25, 0.3) is 0 Å². The van der Waals surface area contributed by atoms with Crippen LogP contribution in [0.4, 0.5) is 11.4 Å². The largest absolute Gasteiger partial charge is 0.478 e. The Kier molecular flexibility index (Phi) is 3.17. The fraction of sp³-hybridized carbons (Fsp3) is 0.273. The maximum Gasteiger partial charge on any atom is 0.336 e. The molecule has 100 valence electrons. The molecule has 1 atom stereocenters. The minimum absolute atomic E-state index is 0.144. The lowest BCUT2D eigenvalue weighted by Gasteiger charge is -2.16. The number of nitrogens with two attached hydrogens (primary N) is 1. The Labute approximate surface area is 107 Å². The molecule has 1 aliphatic rings. The number of non-ortho nitro benzene ring substituents is 1. The molecule has 1 aromatic carbocycles. The molecule has 1 unspecified atom stereocenters. The summed E-state index contributed by atoms with van der Waals surface area (Å²) >= 11 is 0. The molecule has 3 N–H and O–H groups in total. The number of aromatic carboxylic acids is 1. The predicted octanol–water partition coefficient (Wildman–Crippen LogP) is 0.357. The number of carbonyl (C=O) groups is 2. The van der Waals surface area contributed by atoms with Gasteiger partial charge in [-0.05, 0) is 6.07 Å². The van der Waals surface area contributed by atoms with E-state index in [0.717, 1.165) is 6.07 Å². The van der Waals surface area contributed by atoms with E-state index in [2.05, 4.69) is 0 Å². The van der Waals surface area contributed by atoms with Crippen molar-refractivity contribution in [3.8, 4) is 0 Å². The Hall–Kier alpha value is -2.48. The maximum absolute atomic E-state index is 11.7. The first-order chi connectivity index (χ1) is 8.88. The Morgan fingerprint density at radius 3 is 2.63 bits per heavy atom. The summed E-state index contributed by atoms with van der Waals surface area (Å²) in [7, 11) is 0. The van der Waals surface area contributed by atoms with Crippen LogP contribution >= 0.6 is 0 Å². The third-order valence-corrected chi connectivity index (χ3v) is 2.83. The monoisotopic (exact) mass is 265 g/mol. The van der Waals surface area contributed by atoms with Crippen LogP contribution in [0, 0.1) is 10.1 Å². The molecule has 1 aromatic rings. The smallest absolute Gasteiger partial charge is 0.336 e. The molecule has 1 fully saturated rings. The zero-order valence-corrected chi connectivity index (χ0v) is 9.78.